The van der Waals surface area contributed by atoms with Crippen LogP contribution in [0, 0.1) is 5.41 Å². The van der Waals surface area contributed by atoms with Gasteiger partial charge in [-0.3, -0.25) is 19.9 Å². The van der Waals surface area contributed by atoms with Crippen LogP contribution in [0.15, 0.2) is 83.5 Å². The van der Waals surface area contributed by atoms with E-state index in [0.29, 0.717) is 22.3 Å². The van der Waals surface area contributed by atoms with Gasteiger partial charge in [0.25, 0.3) is 5.91 Å². The summed E-state index contributed by atoms with van der Waals surface area (Å²) in [5, 5.41) is 22.2. The lowest BCUT2D eigenvalue weighted by atomic mass is 10.0. The van der Waals surface area contributed by atoms with Crippen molar-refractivity contribution in [3.8, 4) is 11.1 Å². The molecule has 3 aromatic rings. The minimum atomic E-state index is -4.01. The van der Waals surface area contributed by atoms with E-state index in [1.165, 1.54) is 55.5 Å². The zero-order valence-corrected chi connectivity index (χ0v) is 19.9. The molecule has 0 heterocycles. The average molecular weight is 511 g/mol. The van der Waals surface area contributed by atoms with Crippen molar-refractivity contribution in [3.05, 3.63) is 89.8 Å². The summed E-state index contributed by atoms with van der Waals surface area (Å²) in [6.45, 7) is 0.541. The highest BCUT2D eigenvalue weighted by molar-refractivity contribution is 7.89. The fourth-order valence-corrected chi connectivity index (χ4v) is 4.28. The number of allylic oxidation sites excluding steroid dienone is 1. The number of nitrogen functional groups attached to an aromatic ring is 1. The molecule has 3 rings (SSSR count). The van der Waals surface area contributed by atoms with Crippen LogP contribution >= 0.6 is 0 Å². The highest BCUT2D eigenvalue weighted by Crippen LogP contribution is 2.30. The summed E-state index contributed by atoms with van der Waals surface area (Å²) in [5.74, 6) is -3.95. The SMILES string of the molecule is CC(=C(F)C(=O)N(CC(=O)O)c1ccc(-c2ccccc2S(N)(=O)=O)cc1)c1cccc(C(=N)N)c1. The molecule has 0 saturated heterocycles. The maximum atomic E-state index is 15.3. The summed E-state index contributed by atoms with van der Waals surface area (Å²) in [4.78, 5) is 25.1. The van der Waals surface area contributed by atoms with Gasteiger partial charge in [-0.1, -0.05) is 48.5 Å². The Hall–Kier alpha value is -4.35. The van der Waals surface area contributed by atoms with Gasteiger partial charge in [0.1, 0.15) is 12.4 Å². The molecule has 36 heavy (non-hydrogen) atoms. The monoisotopic (exact) mass is 510 g/mol. The van der Waals surface area contributed by atoms with Crippen molar-refractivity contribution in [2.24, 2.45) is 10.9 Å². The van der Waals surface area contributed by atoms with Crippen molar-refractivity contribution in [1.82, 2.24) is 0 Å². The van der Waals surface area contributed by atoms with Crippen molar-refractivity contribution in [2.45, 2.75) is 11.8 Å². The van der Waals surface area contributed by atoms with Gasteiger partial charge >= 0.3 is 5.97 Å². The number of nitrogens with one attached hydrogen (secondary N) is 1. The molecule has 0 radical (unpaired) electrons. The van der Waals surface area contributed by atoms with Crippen molar-refractivity contribution in [2.75, 3.05) is 11.4 Å². The quantitative estimate of drug-likeness (QED) is 0.206. The molecule has 0 spiro atoms. The number of anilines is 1. The van der Waals surface area contributed by atoms with Gasteiger partial charge < -0.3 is 10.8 Å². The summed E-state index contributed by atoms with van der Waals surface area (Å²) >= 11 is 0. The Morgan fingerprint density at radius 1 is 1.00 bits per heavy atom. The van der Waals surface area contributed by atoms with Gasteiger partial charge in [0, 0.05) is 16.8 Å². The number of rotatable bonds is 8. The second-order valence-corrected chi connectivity index (χ2v) is 9.34. The molecule has 0 aliphatic carbocycles. The maximum absolute atomic E-state index is 15.3. The summed E-state index contributed by atoms with van der Waals surface area (Å²) in [6, 6.07) is 17.9. The molecule has 0 aromatic heterocycles. The number of carboxylic acid groups (broad SMARTS) is 1. The summed E-state index contributed by atoms with van der Waals surface area (Å²) < 4.78 is 39.1. The maximum Gasteiger partial charge on any atom is 0.323 e. The Morgan fingerprint density at radius 2 is 1.61 bits per heavy atom. The van der Waals surface area contributed by atoms with Crippen LogP contribution in [0.3, 0.4) is 0 Å². The van der Waals surface area contributed by atoms with E-state index in [1.807, 2.05) is 0 Å². The van der Waals surface area contributed by atoms with E-state index in [0.717, 1.165) is 4.90 Å². The molecule has 0 bridgehead atoms. The third-order valence-corrected chi connectivity index (χ3v) is 6.31. The Balaban J connectivity index is 2.01. The Morgan fingerprint density at radius 3 is 2.19 bits per heavy atom. The second kappa shape index (κ2) is 10.5. The molecule has 3 aromatic carbocycles. The van der Waals surface area contributed by atoms with E-state index in [9.17, 15) is 23.1 Å². The molecule has 6 N–H and O–H groups in total. The molecule has 1 amide bonds. The number of amides is 1. The summed E-state index contributed by atoms with van der Waals surface area (Å²) in [5.41, 5.74) is 6.90. The molecule has 0 unspecified atom stereocenters. The number of carboxylic acids is 1. The summed E-state index contributed by atoms with van der Waals surface area (Å²) in [6.07, 6.45) is 0. The molecule has 9 nitrogen and oxygen atoms in total. The summed E-state index contributed by atoms with van der Waals surface area (Å²) in [7, 11) is -4.01. The van der Waals surface area contributed by atoms with Crippen LogP contribution in [-0.4, -0.2) is 37.8 Å². The molecule has 0 aliphatic heterocycles. The normalized spacial score (nSPS) is 12.0. The van der Waals surface area contributed by atoms with Crippen LogP contribution in [0.25, 0.3) is 16.7 Å². The topological polar surface area (TPSA) is 168 Å². The molecule has 0 saturated carbocycles. The fraction of sp³-hybridized carbons (Fsp3) is 0.0800. The second-order valence-electron chi connectivity index (χ2n) is 7.81. The molecule has 11 heteroatoms. The molecular weight excluding hydrogens is 487 g/mol. The highest BCUT2D eigenvalue weighted by atomic mass is 32.2. The first-order chi connectivity index (χ1) is 16.9. The number of nitrogens with two attached hydrogens (primary N) is 2. The highest BCUT2D eigenvalue weighted by Gasteiger charge is 2.25. The van der Waals surface area contributed by atoms with Crippen LogP contribution in [-0.2, 0) is 19.6 Å². The predicted molar refractivity (Wildman–Crippen MR) is 134 cm³/mol. The van der Waals surface area contributed by atoms with Gasteiger partial charge in [0.15, 0.2) is 5.83 Å². The number of carbonyl (C=O) groups is 2. The largest absolute Gasteiger partial charge is 0.480 e. The van der Waals surface area contributed by atoms with Gasteiger partial charge in [-0.25, -0.2) is 17.9 Å². The lowest BCUT2D eigenvalue weighted by Gasteiger charge is -2.21. The van der Waals surface area contributed by atoms with Crippen LogP contribution < -0.4 is 15.8 Å². The number of hydrogen-bond donors (Lipinski definition) is 4. The van der Waals surface area contributed by atoms with Crippen LogP contribution in [0.1, 0.15) is 18.1 Å². The third kappa shape index (κ3) is 5.82. The zero-order valence-electron chi connectivity index (χ0n) is 19.1. The van der Waals surface area contributed by atoms with Crippen molar-refractivity contribution < 1.29 is 27.5 Å². The Labute approximate surface area is 207 Å². The lowest BCUT2D eigenvalue weighted by molar-refractivity contribution is -0.136. The van der Waals surface area contributed by atoms with E-state index in [1.54, 1.807) is 24.3 Å². The van der Waals surface area contributed by atoms with Crippen LogP contribution in [0.5, 0.6) is 0 Å². The Bertz CT molecular complexity index is 1480. The van der Waals surface area contributed by atoms with Gasteiger partial charge in [-0.15, -0.1) is 0 Å². The molecule has 0 fully saturated rings. The number of nitrogens with zero attached hydrogens (tertiary/aromatic N) is 1. The van der Waals surface area contributed by atoms with E-state index in [-0.39, 0.29) is 22.0 Å². The number of primary sulfonamides is 1. The van der Waals surface area contributed by atoms with Crippen molar-refractivity contribution in [3.63, 3.8) is 0 Å². The molecule has 186 valence electrons. The molecule has 0 atom stereocenters. The average Bonchev–Trinajstić information content (AvgIpc) is 2.85. The van der Waals surface area contributed by atoms with E-state index < -0.39 is 34.3 Å². The smallest absolute Gasteiger partial charge is 0.323 e. The van der Waals surface area contributed by atoms with Gasteiger partial charge in [0.05, 0.1) is 4.90 Å². The number of amidine groups is 1. The Kier molecular flexibility index (Phi) is 7.66. The van der Waals surface area contributed by atoms with Gasteiger partial charge in [-0.05, 0) is 47.9 Å². The first-order valence-electron chi connectivity index (χ1n) is 10.5. The van der Waals surface area contributed by atoms with E-state index in [4.69, 9.17) is 16.3 Å². The number of sulfonamides is 1. The van der Waals surface area contributed by atoms with Crippen molar-refractivity contribution >= 4 is 39.0 Å². The van der Waals surface area contributed by atoms with Crippen LogP contribution in [0.4, 0.5) is 10.1 Å². The number of hydrogen-bond acceptors (Lipinski definition) is 5. The number of aliphatic carboxylic acids is 1. The van der Waals surface area contributed by atoms with Crippen molar-refractivity contribution in [1.29, 1.82) is 5.41 Å². The predicted octanol–water partition coefficient (Wildman–Crippen LogP) is 3.10. The number of benzene rings is 3. The minimum Gasteiger partial charge on any atom is -0.480 e. The number of halogens is 1. The van der Waals surface area contributed by atoms with Gasteiger partial charge in [-0.2, -0.15) is 0 Å². The van der Waals surface area contributed by atoms with Gasteiger partial charge in [0.2, 0.25) is 10.0 Å². The molecular formula is C25H23FN4O5S. The minimum absolute atomic E-state index is 0.0582. The fourth-order valence-electron chi connectivity index (χ4n) is 3.52. The molecule has 0 aliphatic rings. The van der Waals surface area contributed by atoms with E-state index in [2.05, 4.69) is 0 Å². The third-order valence-electron chi connectivity index (χ3n) is 5.35. The lowest BCUT2D eigenvalue weighted by Crippen LogP contribution is -2.36. The van der Waals surface area contributed by atoms with Crippen LogP contribution in [0.2, 0.25) is 0 Å². The number of carbonyl (C=O) groups excluding carboxylic acids is 1. The standard InChI is InChI=1S/C25H23FN4O5S/c1-15(17-5-4-6-18(13-17)24(27)28)23(26)25(33)30(14-22(31)32)19-11-9-16(10-12-19)20-7-2-3-8-21(20)36(29,34)35/h2-13H,14H2,1H3,(H3,27,28)(H,31,32)(H2,29,34,35). The van der Waals surface area contributed by atoms with E-state index >= 15 is 4.39 Å². The first kappa shape index (κ1) is 26.3. The zero-order chi connectivity index (χ0) is 26.6. The first-order valence-corrected chi connectivity index (χ1v) is 12.0.